The molecule has 3 rings (SSSR count). The van der Waals surface area contributed by atoms with Gasteiger partial charge in [0.1, 0.15) is 0 Å². The molecule has 0 aliphatic rings. The minimum atomic E-state index is -0.334. The Balaban J connectivity index is 0.000000454. The molecule has 4 nitrogen and oxygen atoms in total. The number of unbranched alkanes of at least 4 members (excludes halogenated alkanes) is 5. The zero-order chi connectivity index (χ0) is 28.3. The average Bonchev–Trinajstić information content (AvgIpc) is 2.96. The maximum absolute atomic E-state index is 11.5. The smallest absolute Gasteiger partial charge is 0.873 e. The molecule has 0 aliphatic carbocycles. The monoisotopic (exact) mass is 584 g/mol. The fourth-order valence-corrected chi connectivity index (χ4v) is 4.20. The maximum atomic E-state index is 11.5. The van der Waals surface area contributed by atoms with Crippen LogP contribution < -0.4 is 10.2 Å². The Morgan fingerprint density at radius 1 is 0.575 bits per heavy atom. The number of benzene rings is 3. The Morgan fingerprint density at radius 2 is 1.05 bits per heavy atom. The van der Waals surface area contributed by atoms with E-state index in [1.54, 1.807) is 19.1 Å². The Labute approximate surface area is 252 Å². The summed E-state index contributed by atoms with van der Waals surface area (Å²) in [5.74, 6) is -0.639. The van der Waals surface area contributed by atoms with Gasteiger partial charge in [0.25, 0.3) is 0 Å². The van der Waals surface area contributed by atoms with E-state index >= 15 is 0 Å². The molecule has 0 fully saturated rings. The Bertz CT molecular complexity index is 1140. The van der Waals surface area contributed by atoms with Gasteiger partial charge in [-0.15, -0.1) is 11.5 Å². The molecule has 40 heavy (non-hydrogen) atoms. The molecule has 0 spiro atoms. The van der Waals surface area contributed by atoms with Crippen molar-refractivity contribution < 1.29 is 26.7 Å². The van der Waals surface area contributed by atoms with Crippen LogP contribution in [0.25, 0.3) is 0 Å². The Kier molecular flexibility index (Phi) is 18.4. The minimum Gasteiger partial charge on any atom is -0.873 e. The van der Waals surface area contributed by atoms with Gasteiger partial charge in [0.15, 0.2) is 0 Å². The van der Waals surface area contributed by atoms with Gasteiger partial charge in [-0.25, -0.2) is 0 Å². The number of para-hydroxylation sites is 2. The van der Waals surface area contributed by atoms with Gasteiger partial charge in [0.05, 0.1) is 22.8 Å². The third-order valence-electron chi connectivity index (χ3n) is 6.60. The minimum absolute atomic E-state index is 0. The van der Waals surface area contributed by atoms with Crippen LogP contribution in [0.2, 0.25) is 0 Å². The van der Waals surface area contributed by atoms with Crippen molar-refractivity contribution in [3.8, 4) is 11.5 Å². The van der Waals surface area contributed by atoms with E-state index in [0.29, 0.717) is 11.1 Å². The molecule has 0 saturated heterocycles. The van der Waals surface area contributed by atoms with Gasteiger partial charge >= 0.3 is 16.5 Å². The van der Waals surface area contributed by atoms with Crippen LogP contribution >= 0.6 is 0 Å². The van der Waals surface area contributed by atoms with Crippen LogP contribution in [0.4, 0.5) is 11.4 Å². The number of hydrogen-bond donors (Lipinski definition) is 0. The number of rotatable bonds is 14. The third kappa shape index (κ3) is 13.0. The molecule has 0 saturated carbocycles. The van der Waals surface area contributed by atoms with E-state index in [1.165, 1.54) is 25.7 Å². The molecule has 0 unspecified atom stereocenters. The van der Waals surface area contributed by atoms with Crippen molar-refractivity contribution in [3.63, 3.8) is 0 Å². The molecular formula is C35H46N2NiO2. The second kappa shape index (κ2) is 20.9. The van der Waals surface area contributed by atoms with E-state index in [0.717, 1.165) is 67.7 Å². The van der Waals surface area contributed by atoms with E-state index in [9.17, 15) is 10.2 Å². The van der Waals surface area contributed by atoms with Gasteiger partial charge in [-0.3, -0.25) is 9.98 Å². The van der Waals surface area contributed by atoms with Crippen molar-refractivity contribution in [2.45, 2.75) is 98.3 Å². The summed E-state index contributed by atoms with van der Waals surface area (Å²) in [6.07, 6.45) is 11.9. The van der Waals surface area contributed by atoms with Crippen LogP contribution in [-0.4, -0.2) is 11.4 Å². The van der Waals surface area contributed by atoms with Crippen LogP contribution in [0.1, 0.15) is 96.1 Å². The van der Waals surface area contributed by atoms with Crippen LogP contribution in [0.15, 0.2) is 82.8 Å². The number of aryl methyl sites for hydroxylation is 2. The SMILES string of the molecule is CCCCCC(=Nc1ccccc1)C(CCCC)=Nc1ccccc1.CCCCCc1ccc(C)c([O-])c1[O-].[Ni+2]. The molecule has 3 aromatic carbocycles. The van der Waals surface area contributed by atoms with Gasteiger partial charge in [-0.05, 0) is 69.7 Å². The van der Waals surface area contributed by atoms with E-state index in [4.69, 9.17) is 9.98 Å². The van der Waals surface area contributed by atoms with Gasteiger partial charge in [0.2, 0.25) is 0 Å². The van der Waals surface area contributed by atoms with Crippen molar-refractivity contribution in [3.05, 3.63) is 83.9 Å². The molecule has 5 heteroatoms. The summed E-state index contributed by atoms with van der Waals surface area (Å²) in [5, 5.41) is 22.8. The van der Waals surface area contributed by atoms with Crippen molar-refractivity contribution in [2.75, 3.05) is 0 Å². The largest absolute Gasteiger partial charge is 2.00 e. The first-order chi connectivity index (χ1) is 19.0. The van der Waals surface area contributed by atoms with Crippen molar-refractivity contribution >= 4 is 22.8 Å². The second-order valence-electron chi connectivity index (χ2n) is 10.0. The molecule has 0 amide bonds. The van der Waals surface area contributed by atoms with E-state index < -0.39 is 0 Å². The first-order valence-corrected chi connectivity index (χ1v) is 14.7. The molecule has 0 atom stereocenters. The zero-order valence-corrected chi connectivity index (χ0v) is 25.7. The third-order valence-corrected chi connectivity index (χ3v) is 6.60. The summed E-state index contributed by atoms with van der Waals surface area (Å²) in [4.78, 5) is 9.92. The molecule has 0 N–H and O–H groups in total. The van der Waals surface area contributed by atoms with Crippen LogP contribution in [0.3, 0.4) is 0 Å². The summed E-state index contributed by atoms with van der Waals surface area (Å²) in [6.45, 7) is 8.27. The standard InChI is InChI=1S/C23H30N2.C12H18O2.Ni/c1-3-5-9-19-23(25-21-16-12-8-13-17-21)22(18-6-4-2)24-20-14-10-7-11-15-20;1-3-4-5-6-10-8-7-9(2)11(13)12(10)14;/h7-8,10-17H,3-6,9,18-19H2,1-2H3;7-8,13-14H,3-6H2,1-2H3;/q;;+2/p-2. The maximum Gasteiger partial charge on any atom is 2.00 e. The summed E-state index contributed by atoms with van der Waals surface area (Å²) in [5.41, 5.74) is 5.56. The molecular weight excluding hydrogens is 539 g/mol. The van der Waals surface area contributed by atoms with Crippen molar-refractivity contribution in [2.24, 2.45) is 9.98 Å². The van der Waals surface area contributed by atoms with Crippen molar-refractivity contribution in [1.82, 2.24) is 0 Å². The molecule has 0 heterocycles. The molecule has 0 aromatic heterocycles. The van der Waals surface area contributed by atoms with E-state index in [2.05, 4.69) is 45.0 Å². The Hall–Kier alpha value is -2.91. The van der Waals surface area contributed by atoms with Crippen molar-refractivity contribution in [1.29, 1.82) is 0 Å². The van der Waals surface area contributed by atoms with Crippen LogP contribution in [-0.2, 0) is 22.9 Å². The summed E-state index contributed by atoms with van der Waals surface area (Å²) >= 11 is 0. The summed E-state index contributed by atoms with van der Waals surface area (Å²) < 4.78 is 0. The van der Waals surface area contributed by atoms with Crippen LogP contribution in [0.5, 0.6) is 11.5 Å². The van der Waals surface area contributed by atoms with Crippen LogP contribution in [0, 0.1) is 6.92 Å². The fraction of sp³-hybridized carbons (Fsp3) is 0.429. The topological polar surface area (TPSA) is 70.8 Å². The number of aliphatic imine (C=N–C) groups is 2. The van der Waals surface area contributed by atoms with Gasteiger partial charge in [-0.1, -0.05) is 113 Å². The fourth-order valence-electron chi connectivity index (χ4n) is 4.20. The van der Waals surface area contributed by atoms with E-state index in [-0.39, 0.29) is 28.0 Å². The normalized spacial score (nSPS) is 11.4. The first kappa shape index (κ1) is 35.1. The van der Waals surface area contributed by atoms with Gasteiger partial charge in [0, 0.05) is 0 Å². The molecule has 0 bridgehead atoms. The van der Waals surface area contributed by atoms with E-state index in [1.807, 2.05) is 36.4 Å². The summed E-state index contributed by atoms with van der Waals surface area (Å²) in [7, 11) is 0. The Morgan fingerprint density at radius 3 is 1.55 bits per heavy atom. The molecule has 3 aromatic rings. The number of hydrogen-bond acceptors (Lipinski definition) is 4. The zero-order valence-electron chi connectivity index (χ0n) is 24.7. The quantitative estimate of drug-likeness (QED) is 0.108. The van der Waals surface area contributed by atoms with Gasteiger partial charge in [-0.2, -0.15) is 0 Å². The number of nitrogens with zero attached hydrogens (tertiary/aromatic N) is 2. The predicted molar refractivity (Wildman–Crippen MR) is 164 cm³/mol. The molecule has 218 valence electrons. The molecule has 0 radical (unpaired) electrons. The predicted octanol–water partition coefficient (Wildman–Crippen LogP) is 9.17. The average molecular weight is 585 g/mol. The summed E-state index contributed by atoms with van der Waals surface area (Å²) in [6, 6.07) is 24.0. The van der Waals surface area contributed by atoms with Gasteiger partial charge < -0.3 is 10.2 Å². The first-order valence-electron chi connectivity index (χ1n) is 14.7. The molecule has 0 aliphatic heterocycles. The second-order valence-corrected chi connectivity index (χ2v) is 10.0.